The minimum Gasteiger partial charge on any atom is -0.453 e. The Labute approximate surface area is 350 Å². The Morgan fingerprint density at radius 1 is 0.459 bits per heavy atom. The SMILES string of the molecule is N=C(N=C(N=Cc1cc2ccccc2c2c1oc1c(-n3c4ccccc4c4cc5c6ccccc6n(-c6ccccc6)c5cc43)cccc12)c1ccccc1)c1ccccc1. The van der Waals surface area contributed by atoms with E-state index in [1.165, 1.54) is 27.1 Å². The Hall–Kier alpha value is -8.35. The first-order chi connectivity index (χ1) is 30.2. The van der Waals surface area contributed by atoms with Gasteiger partial charge < -0.3 is 13.6 Å². The molecule has 12 rings (SSSR count). The number of hydrogen-bond donors (Lipinski definition) is 1. The maximum Gasteiger partial charge on any atom is 0.161 e. The summed E-state index contributed by atoms with van der Waals surface area (Å²) in [6.07, 6.45) is 1.83. The van der Waals surface area contributed by atoms with Crippen LogP contribution in [0.2, 0.25) is 0 Å². The lowest BCUT2D eigenvalue weighted by Gasteiger charge is -2.10. The van der Waals surface area contributed by atoms with Crippen LogP contribution < -0.4 is 0 Å². The van der Waals surface area contributed by atoms with E-state index in [2.05, 4.69) is 149 Å². The van der Waals surface area contributed by atoms with Crippen LogP contribution in [0.1, 0.15) is 16.7 Å². The third kappa shape index (κ3) is 5.54. The van der Waals surface area contributed by atoms with Gasteiger partial charge in [0, 0.05) is 60.9 Å². The molecule has 0 unspecified atom stereocenters. The van der Waals surface area contributed by atoms with Crippen molar-refractivity contribution in [2.45, 2.75) is 0 Å². The Morgan fingerprint density at radius 3 is 1.75 bits per heavy atom. The van der Waals surface area contributed by atoms with E-state index in [1.807, 2.05) is 66.9 Å². The summed E-state index contributed by atoms with van der Waals surface area (Å²) in [6.45, 7) is 0. The monoisotopic (exact) mass is 781 g/mol. The van der Waals surface area contributed by atoms with E-state index in [0.717, 1.165) is 77.3 Å². The molecule has 0 spiro atoms. The molecule has 0 saturated carbocycles. The Bertz CT molecular complexity index is 3760. The van der Waals surface area contributed by atoms with Crippen molar-refractivity contribution in [1.82, 2.24) is 9.13 Å². The third-order valence-electron chi connectivity index (χ3n) is 11.8. The molecule has 6 nitrogen and oxygen atoms in total. The van der Waals surface area contributed by atoms with E-state index in [9.17, 15) is 0 Å². The van der Waals surface area contributed by atoms with E-state index in [4.69, 9.17) is 19.8 Å². The summed E-state index contributed by atoms with van der Waals surface area (Å²) in [5.41, 5.74) is 10.5. The van der Waals surface area contributed by atoms with Gasteiger partial charge in [-0.3, -0.25) is 5.41 Å². The molecule has 0 aliphatic carbocycles. The maximum absolute atomic E-state index is 8.86. The van der Waals surface area contributed by atoms with Crippen LogP contribution in [-0.4, -0.2) is 27.0 Å². The summed E-state index contributed by atoms with van der Waals surface area (Å²) < 4.78 is 11.9. The van der Waals surface area contributed by atoms with Crippen molar-refractivity contribution in [3.8, 4) is 11.4 Å². The Balaban J connectivity index is 1.11. The molecule has 0 saturated heterocycles. The molecule has 0 atom stereocenters. The zero-order chi connectivity index (χ0) is 40.4. The van der Waals surface area contributed by atoms with Gasteiger partial charge in [-0.25, -0.2) is 9.98 Å². The molecule has 0 amide bonds. The van der Waals surface area contributed by atoms with Crippen molar-refractivity contribution >= 4 is 94.2 Å². The molecule has 9 aromatic carbocycles. The molecule has 61 heavy (non-hydrogen) atoms. The predicted octanol–water partition coefficient (Wildman–Crippen LogP) is 13.8. The highest BCUT2D eigenvalue weighted by Crippen LogP contribution is 2.43. The van der Waals surface area contributed by atoms with E-state index in [0.29, 0.717) is 5.84 Å². The first-order valence-corrected chi connectivity index (χ1v) is 20.4. The molecule has 0 bridgehead atoms. The summed E-state index contributed by atoms with van der Waals surface area (Å²) in [5.74, 6) is 0.582. The Kier molecular flexibility index (Phi) is 7.90. The second kappa shape index (κ2) is 13.9. The van der Waals surface area contributed by atoms with Crippen molar-refractivity contribution in [2.24, 2.45) is 9.98 Å². The number of nitrogens with zero attached hydrogens (tertiary/aromatic N) is 4. The fourth-order valence-corrected chi connectivity index (χ4v) is 9.13. The third-order valence-corrected chi connectivity index (χ3v) is 11.8. The lowest BCUT2D eigenvalue weighted by Crippen LogP contribution is -2.04. The zero-order valence-corrected chi connectivity index (χ0v) is 32.8. The lowest BCUT2D eigenvalue weighted by molar-refractivity contribution is 0.666. The fourth-order valence-electron chi connectivity index (χ4n) is 9.13. The van der Waals surface area contributed by atoms with Gasteiger partial charge in [0.2, 0.25) is 0 Å². The first-order valence-electron chi connectivity index (χ1n) is 20.4. The van der Waals surface area contributed by atoms with Crippen LogP contribution in [0.3, 0.4) is 0 Å². The molecule has 0 fully saturated rings. The quantitative estimate of drug-likeness (QED) is 0.137. The maximum atomic E-state index is 8.86. The van der Waals surface area contributed by atoms with Crippen LogP contribution >= 0.6 is 0 Å². The second-order valence-corrected chi connectivity index (χ2v) is 15.3. The minimum absolute atomic E-state index is 0.140. The van der Waals surface area contributed by atoms with Crippen molar-refractivity contribution < 1.29 is 4.42 Å². The molecule has 0 aliphatic heterocycles. The molecule has 12 aromatic rings. The minimum atomic E-state index is 0.140. The van der Waals surface area contributed by atoms with Crippen LogP contribution in [0.25, 0.3) is 87.7 Å². The summed E-state index contributed by atoms with van der Waals surface area (Å²) in [4.78, 5) is 9.76. The van der Waals surface area contributed by atoms with Gasteiger partial charge in [-0.1, -0.05) is 152 Å². The standard InChI is InChI=1S/C55H35N5O/c56-54(35-17-4-1-5-18-35)58-55(36-19-6-2-7-20-36)57-34-38-31-37-21-10-11-24-40(37)51-43-27-16-30-48(53(43)61-52(38)51)60-47-29-15-13-26-42(47)45-32-44-41-25-12-14-28-46(41)59(49(44)33-50(45)60)39-22-8-3-9-23-39/h1-34,56H. The average Bonchev–Trinajstić information content (AvgIpc) is 3.98. The molecule has 0 aliphatic rings. The van der Waals surface area contributed by atoms with Gasteiger partial charge in [0.1, 0.15) is 5.58 Å². The van der Waals surface area contributed by atoms with Crippen LogP contribution in [0.5, 0.6) is 0 Å². The summed E-state index contributed by atoms with van der Waals surface area (Å²) in [7, 11) is 0. The number of benzene rings is 9. The van der Waals surface area contributed by atoms with Gasteiger partial charge in [0.25, 0.3) is 0 Å². The summed E-state index contributed by atoms with van der Waals surface area (Å²) in [6, 6.07) is 69.1. The smallest absolute Gasteiger partial charge is 0.161 e. The molecule has 1 N–H and O–H groups in total. The number of aromatic nitrogens is 2. The van der Waals surface area contributed by atoms with Crippen molar-refractivity contribution in [3.05, 3.63) is 217 Å². The molecule has 6 heteroatoms. The van der Waals surface area contributed by atoms with Gasteiger partial charge in [-0.05, 0) is 59.3 Å². The molecule has 3 aromatic heterocycles. The first kappa shape index (κ1) is 34.7. The molecule has 3 heterocycles. The highest BCUT2D eigenvalue weighted by atomic mass is 16.3. The van der Waals surface area contributed by atoms with Gasteiger partial charge in [0.15, 0.2) is 17.3 Å². The van der Waals surface area contributed by atoms with Crippen molar-refractivity contribution in [3.63, 3.8) is 0 Å². The fraction of sp³-hybridized carbons (Fsp3) is 0. The number of para-hydroxylation sites is 4. The van der Waals surface area contributed by atoms with E-state index in [-0.39, 0.29) is 5.84 Å². The zero-order valence-electron chi connectivity index (χ0n) is 32.8. The van der Waals surface area contributed by atoms with Crippen LogP contribution in [0, 0.1) is 5.41 Å². The molecule has 0 radical (unpaired) electrons. The van der Waals surface area contributed by atoms with Crippen LogP contribution in [0.15, 0.2) is 215 Å². The number of rotatable bonds is 5. The van der Waals surface area contributed by atoms with Crippen molar-refractivity contribution in [1.29, 1.82) is 5.41 Å². The number of nitrogens with one attached hydrogen (secondary N) is 1. The number of amidine groups is 2. The number of fused-ring (bicyclic) bond motifs is 11. The number of hydrogen-bond acceptors (Lipinski definition) is 2. The molecular formula is C55H35N5O. The largest absolute Gasteiger partial charge is 0.453 e. The molecule has 286 valence electrons. The average molecular weight is 782 g/mol. The van der Waals surface area contributed by atoms with Gasteiger partial charge in [-0.15, -0.1) is 0 Å². The molecular weight excluding hydrogens is 747 g/mol. The second-order valence-electron chi connectivity index (χ2n) is 15.3. The topological polar surface area (TPSA) is 71.6 Å². The van der Waals surface area contributed by atoms with E-state index < -0.39 is 0 Å². The van der Waals surface area contributed by atoms with Crippen LogP contribution in [0.4, 0.5) is 0 Å². The predicted molar refractivity (Wildman–Crippen MR) is 254 cm³/mol. The highest BCUT2D eigenvalue weighted by molar-refractivity contribution is 6.25. The van der Waals surface area contributed by atoms with Crippen molar-refractivity contribution in [2.75, 3.05) is 0 Å². The van der Waals surface area contributed by atoms with Gasteiger partial charge in [-0.2, -0.15) is 0 Å². The van der Waals surface area contributed by atoms with E-state index in [1.54, 1.807) is 0 Å². The van der Waals surface area contributed by atoms with Gasteiger partial charge in [0.05, 0.1) is 27.8 Å². The lowest BCUT2D eigenvalue weighted by atomic mass is 10.0. The Morgan fingerprint density at radius 2 is 1.03 bits per heavy atom. The summed E-state index contributed by atoms with van der Waals surface area (Å²) >= 11 is 0. The number of furan rings is 1. The van der Waals surface area contributed by atoms with Gasteiger partial charge >= 0.3 is 0 Å². The summed E-state index contributed by atoms with van der Waals surface area (Å²) in [5, 5.41) is 17.9. The van der Waals surface area contributed by atoms with E-state index >= 15 is 0 Å². The van der Waals surface area contributed by atoms with Crippen LogP contribution in [-0.2, 0) is 0 Å². The highest BCUT2D eigenvalue weighted by Gasteiger charge is 2.22. The number of aliphatic imine (C=N–C) groups is 2. The normalized spacial score (nSPS) is 12.4.